The van der Waals surface area contributed by atoms with Crippen LogP contribution in [0.1, 0.15) is 12.0 Å². The summed E-state index contributed by atoms with van der Waals surface area (Å²) in [5.41, 5.74) is 9.72. The summed E-state index contributed by atoms with van der Waals surface area (Å²) in [7, 11) is 0. The highest BCUT2D eigenvalue weighted by Gasteiger charge is 2.42. The summed E-state index contributed by atoms with van der Waals surface area (Å²) >= 11 is 0. The maximum Gasteiger partial charge on any atom is 0.261 e. The van der Waals surface area contributed by atoms with Crippen LogP contribution >= 0.6 is 0 Å². The third kappa shape index (κ3) is 1.93. The monoisotopic (exact) mass is 232 g/mol. The lowest BCUT2D eigenvalue weighted by Crippen LogP contribution is -2.45. The van der Waals surface area contributed by atoms with Gasteiger partial charge in [0.2, 0.25) is 5.67 Å². The van der Waals surface area contributed by atoms with E-state index in [0.29, 0.717) is 5.57 Å². The lowest BCUT2D eigenvalue weighted by atomic mass is 9.85. The molecule has 0 spiro atoms. The summed E-state index contributed by atoms with van der Waals surface area (Å²) in [6.45, 7) is 0. The largest absolute Gasteiger partial charge is 0.399 e. The number of hydrogen-bond donors (Lipinski definition) is 2. The van der Waals surface area contributed by atoms with Crippen molar-refractivity contribution >= 4 is 11.5 Å². The Bertz CT molecular complexity index is 507. The molecule has 4 heteroatoms. The average Bonchev–Trinajstić information content (AvgIpc) is 2.33. The first-order valence-corrected chi connectivity index (χ1v) is 5.25. The van der Waals surface area contributed by atoms with E-state index in [-0.39, 0.29) is 12.1 Å². The molecule has 3 nitrogen and oxygen atoms in total. The van der Waals surface area contributed by atoms with Crippen LogP contribution in [0.25, 0.3) is 5.57 Å². The first kappa shape index (κ1) is 11.4. The number of alkyl halides is 1. The van der Waals surface area contributed by atoms with Gasteiger partial charge in [-0.1, -0.05) is 36.4 Å². The fourth-order valence-corrected chi connectivity index (χ4v) is 1.83. The van der Waals surface area contributed by atoms with Gasteiger partial charge in [0.05, 0.1) is 5.70 Å². The lowest BCUT2D eigenvalue weighted by molar-refractivity contribution is -0.127. The quantitative estimate of drug-likeness (QED) is 0.811. The highest BCUT2D eigenvalue weighted by Crippen LogP contribution is 2.35. The van der Waals surface area contributed by atoms with Gasteiger partial charge in [-0.25, -0.2) is 4.39 Å². The van der Waals surface area contributed by atoms with Gasteiger partial charge >= 0.3 is 0 Å². The maximum atomic E-state index is 14.3. The molecule has 0 saturated heterocycles. The Kier molecular flexibility index (Phi) is 2.71. The molecular formula is C13H13FN2O. The summed E-state index contributed by atoms with van der Waals surface area (Å²) < 4.78 is 14.3. The minimum atomic E-state index is -2.28. The van der Waals surface area contributed by atoms with Gasteiger partial charge in [0.1, 0.15) is 0 Å². The molecule has 0 radical (unpaired) electrons. The number of rotatable bonds is 2. The predicted octanol–water partition coefficient (Wildman–Crippen LogP) is 1.51. The molecule has 1 aromatic rings. The van der Waals surface area contributed by atoms with Crippen LogP contribution in [0.5, 0.6) is 0 Å². The van der Waals surface area contributed by atoms with Gasteiger partial charge in [-0.15, -0.1) is 0 Å². The molecule has 0 saturated carbocycles. The van der Waals surface area contributed by atoms with Crippen molar-refractivity contribution in [2.45, 2.75) is 12.1 Å². The van der Waals surface area contributed by atoms with Crippen LogP contribution in [0.2, 0.25) is 0 Å². The summed E-state index contributed by atoms with van der Waals surface area (Å²) in [4.78, 5) is 11.2. The minimum absolute atomic E-state index is 0.116. The highest BCUT2D eigenvalue weighted by molar-refractivity contribution is 5.91. The van der Waals surface area contributed by atoms with E-state index >= 15 is 0 Å². The Morgan fingerprint density at radius 3 is 2.47 bits per heavy atom. The van der Waals surface area contributed by atoms with E-state index in [1.54, 1.807) is 6.08 Å². The summed E-state index contributed by atoms with van der Waals surface area (Å²) in [6, 6.07) is 9.27. The fourth-order valence-electron chi connectivity index (χ4n) is 1.83. The molecule has 88 valence electrons. The van der Waals surface area contributed by atoms with E-state index in [4.69, 9.17) is 11.5 Å². The second-order valence-electron chi connectivity index (χ2n) is 4.02. The molecule has 0 heterocycles. The van der Waals surface area contributed by atoms with Gasteiger partial charge in [-0.3, -0.25) is 4.79 Å². The zero-order chi connectivity index (χ0) is 12.5. The summed E-state index contributed by atoms with van der Waals surface area (Å²) in [5.74, 6) is -1.05. The Hall–Kier alpha value is -2.10. The van der Waals surface area contributed by atoms with Gasteiger partial charge in [-0.2, -0.15) is 0 Å². The van der Waals surface area contributed by atoms with Crippen LogP contribution in [0.3, 0.4) is 0 Å². The number of primary amides is 1. The summed E-state index contributed by atoms with van der Waals surface area (Å²) in [5, 5.41) is 0. The van der Waals surface area contributed by atoms with Crippen LogP contribution in [0.4, 0.5) is 4.39 Å². The molecule has 4 N–H and O–H groups in total. The van der Waals surface area contributed by atoms with Crippen LogP contribution in [-0.4, -0.2) is 11.6 Å². The molecule has 0 aromatic heterocycles. The van der Waals surface area contributed by atoms with Crippen molar-refractivity contribution < 1.29 is 9.18 Å². The van der Waals surface area contributed by atoms with Crippen molar-refractivity contribution in [3.63, 3.8) is 0 Å². The van der Waals surface area contributed by atoms with Crippen molar-refractivity contribution in [2.24, 2.45) is 11.5 Å². The zero-order valence-corrected chi connectivity index (χ0v) is 9.19. The number of carbonyl (C=O) groups excluding carboxylic acids is 1. The Balaban J connectivity index is 2.39. The van der Waals surface area contributed by atoms with Crippen LogP contribution in [0, 0.1) is 0 Å². The van der Waals surface area contributed by atoms with E-state index in [1.807, 2.05) is 30.3 Å². The molecule has 1 aromatic carbocycles. The van der Waals surface area contributed by atoms with Crippen LogP contribution < -0.4 is 11.5 Å². The third-order valence-corrected chi connectivity index (χ3v) is 2.89. The average molecular weight is 232 g/mol. The summed E-state index contributed by atoms with van der Waals surface area (Å²) in [6.07, 6.45) is 3.00. The third-order valence-electron chi connectivity index (χ3n) is 2.89. The lowest BCUT2D eigenvalue weighted by Gasteiger charge is -2.26. The molecule has 0 fully saturated rings. The number of amides is 1. The number of benzene rings is 1. The first-order valence-electron chi connectivity index (χ1n) is 5.25. The van der Waals surface area contributed by atoms with E-state index in [0.717, 1.165) is 5.56 Å². The zero-order valence-electron chi connectivity index (χ0n) is 9.19. The molecule has 0 bridgehead atoms. The second kappa shape index (κ2) is 4.05. The SMILES string of the molecule is NC(=O)C1(F)CC(c2ccccc2)=CC=C1N. The maximum absolute atomic E-state index is 14.3. The molecule has 17 heavy (non-hydrogen) atoms. The molecule has 2 rings (SSSR count). The van der Waals surface area contributed by atoms with Crippen LogP contribution in [-0.2, 0) is 4.79 Å². The molecular weight excluding hydrogens is 219 g/mol. The minimum Gasteiger partial charge on any atom is -0.399 e. The van der Waals surface area contributed by atoms with Gasteiger partial charge < -0.3 is 11.5 Å². The number of halogens is 1. The first-order chi connectivity index (χ1) is 8.04. The van der Waals surface area contributed by atoms with E-state index in [9.17, 15) is 9.18 Å². The van der Waals surface area contributed by atoms with Crippen molar-refractivity contribution in [3.05, 3.63) is 53.7 Å². The molecule has 1 atom stereocenters. The number of allylic oxidation sites excluding steroid dienone is 3. The van der Waals surface area contributed by atoms with Gasteiger partial charge in [0, 0.05) is 6.42 Å². The predicted molar refractivity (Wildman–Crippen MR) is 64.3 cm³/mol. The van der Waals surface area contributed by atoms with Crippen molar-refractivity contribution in [2.75, 3.05) is 0 Å². The van der Waals surface area contributed by atoms with E-state index in [1.165, 1.54) is 6.08 Å². The van der Waals surface area contributed by atoms with Gasteiger partial charge in [0.25, 0.3) is 5.91 Å². The topological polar surface area (TPSA) is 69.1 Å². The van der Waals surface area contributed by atoms with Crippen molar-refractivity contribution in [1.29, 1.82) is 0 Å². The molecule has 1 aliphatic carbocycles. The Morgan fingerprint density at radius 1 is 1.24 bits per heavy atom. The van der Waals surface area contributed by atoms with Gasteiger partial charge in [0.15, 0.2) is 0 Å². The standard InChI is InChI=1S/C13H13FN2O/c14-13(12(16)17)8-10(6-7-11(13)15)9-4-2-1-3-5-9/h1-7H,8,15H2,(H2,16,17). The van der Waals surface area contributed by atoms with Crippen molar-refractivity contribution in [1.82, 2.24) is 0 Å². The fraction of sp³-hybridized carbons (Fsp3) is 0.154. The van der Waals surface area contributed by atoms with E-state index in [2.05, 4.69) is 0 Å². The second-order valence-corrected chi connectivity index (χ2v) is 4.02. The normalized spacial score (nSPS) is 23.8. The molecule has 1 amide bonds. The number of hydrogen-bond acceptors (Lipinski definition) is 2. The van der Waals surface area contributed by atoms with E-state index < -0.39 is 11.6 Å². The highest BCUT2D eigenvalue weighted by atomic mass is 19.1. The van der Waals surface area contributed by atoms with Crippen LogP contribution in [0.15, 0.2) is 48.2 Å². The number of carbonyl (C=O) groups is 1. The Labute approximate surface area is 98.6 Å². The molecule has 1 aliphatic rings. The smallest absolute Gasteiger partial charge is 0.261 e. The molecule has 1 unspecified atom stereocenters. The molecule has 0 aliphatic heterocycles. The number of nitrogens with two attached hydrogens (primary N) is 2. The Morgan fingerprint density at radius 2 is 1.88 bits per heavy atom. The van der Waals surface area contributed by atoms with Gasteiger partial charge in [-0.05, 0) is 17.2 Å². The van der Waals surface area contributed by atoms with Crippen molar-refractivity contribution in [3.8, 4) is 0 Å².